The van der Waals surface area contributed by atoms with Crippen LogP contribution in [0.25, 0.3) is 0 Å². The minimum Gasteiger partial charge on any atom is -0.390 e. The summed E-state index contributed by atoms with van der Waals surface area (Å²) in [6.45, 7) is 0.279. The van der Waals surface area contributed by atoms with E-state index in [0.29, 0.717) is 12.1 Å². The number of amides is 1. The molecule has 2 aromatic carbocycles. The van der Waals surface area contributed by atoms with E-state index < -0.39 is 11.7 Å². The number of rotatable bonds is 4. The van der Waals surface area contributed by atoms with Crippen molar-refractivity contribution in [1.29, 1.82) is 0 Å². The fraction of sp³-hybridized carbons (Fsp3) is 0.222. The van der Waals surface area contributed by atoms with Gasteiger partial charge in [-0.1, -0.05) is 29.4 Å². The van der Waals surface area contributed by atoms with Crippen LogP contribution in [-0.4, -0.2) is 36.2 Å². The van der Waals surface area contributed by atoms with Gasteiger partial charge in [0.25, 0.3) is 5.91 Å². The van der Waals surface area contributed by atoms with Crippen LogP contribution in [0.3, 0.4) is 0 Å². The van der Waals surface area contributed by atoms with E-state index in [9.17, 15) is 13.6 Å². The highest BCUT2D eigenvalue weighted by atomic mass is 19.1. The first-order valence-electron chi connectivity index (χ1n) is 7.53. The maximum absolute atomic E-state index is 13.7. The van der Waals surface area contributed by atoms with E-state index >= 15 is 0 Å². The zero-order chi connectivity index (χ0) is 17.1. The van der Waals surface area contributed by atoms with Crippen LogP contribution >= 0.6 is 0 Å². The summed E-state index contributed by atoms with van der Waals surface area (Å²) in [5.41, 5.74) is 1.51. The molecule has 6 heteroatoms. The lowest BCUT2D eigenvalue weighted by Crippen LogP contribution is -2.35. The number of nitrogens with zero attached hydrogens (tertiary/aromatic N) is 2. The molecule has 0 saturated heterocycles. The van der Waals surface area contributed by atoms with Crippen LogP contribution in [0.1, 0.15) is 22.3 Å². The summed E-state index contributed by atoms with van der Waals surface area (Å²) >= 11 is 0. The Bertz CT molecular complexity index is 775. The third-order valence-electron chi connectivity index (χ3n) is 3.84. The summed E-state index contributed by atoms with van der Waals surface area (Å²) in [4.78, 5) is 19.0. The van der Waals surface area contributed by atoms with E-state index in [4.69, 9.17) is 4.84 Å². The van der Waals surface area contributed by atoms with Crippen LogP contribution in [0.15, 0.2) is 53.7 Å². The van der Waals surface area contributed by atoms with Crippen molar-refractivity contribution in [3.63, 3.8) is 0 Å². The molecule has 4 nitrogen and oxygen atoms in total. The van der Waals surface area contributed by atoms with Gasteiger partial charge in [-0.3, -0.25) is 4.79 Å². The molecular formula is C18H16F2N2O2. The molecular weight excluding hydrogens is 314 g/mol. The van der Waals surface area contributed by atoms with Crippen LogP contribution in [0.4, 0.5) is 8.78 Å². The molecule has 1 aliphatic heterocycles. The first-order chi connectivity index (χ1) is 11.5. The van der Waals surface area contributed by atoms with Crippen molar-refractivity contribution in [3.05, 3.63) is 71.3 Å². The Hall–Kier alpha value is -2.76. The molecule has 0 unspecified atom stereocenters. The Morgan fingerprint density at radius 1 is 1.21 bits per heavy atom. The maximum atomic E-state index is 13.7. The molecule has 0 aliphatic carbocycles. The van der Waals surface area contributed by atoms with Crippen molar-refractivity contribution in [2.24, 2.45) is 5.16 Å². The quantitative estimate of drug-likeness (QED) is 0.864. The summed E-state index contributed by atoms with van der Waals surface area (Å²) in [6, 6.07) is 11.8. The van der Waals surface area contributed by atoms with Gasteiger partial charge in [0.2, 0.25) is 0 Å². The number of carbonyl (C=O) groups is 1. The molecule has 0 aromatic heterocycles. The van der Waals surface area contributed by atoms with Gasteiger partial charge >= 0.3 is 0 Å². The summed E-state index contributed by atoms with van der Waals surface area (Å²) in [5, 5.41) is 4.00. The van der Waals surface area contributed by atoms with Gasteiger partial charge in [-0.2, -0.15) is 0 Å². The van der Waals surface area contributed by atoms with Crippen molar-refractivity contribution in [2.75, 3.05) is 13.6 Å². The molecule has 0 N–H and O–H groups in total. The fourth-order valence-electron chi connectivity index (χ4n) is 2.57. The monoisotopic (exact) mass is 330 g/mol. The molecule has 1 aliphatic rings. The SMILES string of the molecule is CN(C[C@@H]1CC(c2ccc(F)cc2)=NO1)C(=O)c1ccccc1F. The van der Waals surface area contributed by atoms with Crippen molar-refractivity contribution in [3.8, 4) is 0 Å². The number of halogens is 2. The number of benzene rings is 2. The highest BCUT2D eigenvalue weighted by molar-refractivity contribution is 6.01. The molecule has 24 heavy (non-hydrogen) atoms. The van der Waals surface area contributed by atoms with E-state index in [2.05, 4.69) is 5.16 Å². The van der Waals surface area contributed by atoms with Crippen molar-refractivity contribution < 1.29 is 18.4 Å². The molecule has 124 valence electrons. The number of carbonyl (C=O) groups excluding carboxylic acids is 1. The van der Waals surface area contributed by atoms with Gasteiger partial charge in [0.15, 0.2) is 6.10 Å². The van der Waals surface area contributed by atoms with Crippen molar-refractivity contribution >= 4 is 11.6 Å². The molecule has 0 radical (unpaired) electrons. The van der Waals surface area contributed by atoms with Crippen LogP contribution in [0.2, 0.25) is 0 Å². The van der Waals surface area contributed by atoms with Gasteiger partial charge in [-0.15, -0.1) is 0 Å². The first kappa shape index (κ1) is 16.1. The first-order valence-corrected chi connectivity index (χ1v) is 7.53. The Kier molecular flexibility index (Phi) is 4.55. The van der Waals surface area contributed by atoms with E-state index in [1.165, 1.54) is 35.2 Å². The average molecular weight is 330 g/mol. The Morgan fingerprint density at radius 3 is 2.62 bits per heavy atom. The second-order valence-corrected chi connectivity index (χ2v) is 5.64. The largest absolute Gasteiger partial charge is 0.390 e. The third-order valence-corrected chi connectivity index (χ3v) is 3.84. The standard InChI is InChI=1S/C18H16F2N2O2/c1-22(18(23)15-4-2-3-5-16(15)20)11-14-10-17(21-24-14)12-6-8-13(19)9-7-12/h2-9,14H,10-11H2,1H3/t14-/m0/s1. The number of likely N-dealkylation sites (N-methyl/N-ethyl adjacent to an activating group) is 1. The summed E-state index contributed by atoms with van der Waals surface area (Å²) in [5.74, 6) is -1.28. The lowest BCUT2D eigenvalue weighted by Gasteiger charge is -2.20. The minimum atomic E-state index is -0.551. The van der Waals surface area contributed by atoms with Gasteiger partial charge in [0.05, 0.1) is 17.8 Å². The number of oxime groups is 1. The second-order valence-electron chi connectivity index (χ2n) is 5.64. The summed E-state index contributed by atoms with van der Waals surface area (Å²) in [6.07, 6.45) is 0.186. The van der Waals surface area contributed by atoms with E-state index in [1.807, 2.05) is 0 Å². The minimum absolute atomic E-state index is 0.0256. The molecule has 1 atom stereocenters. The molecule has 1 amide bonds. The maximum Gasteiger partial charge on any atom is 0.256 e. The third kappa shape index (κ3) is 3.42. The molecule has 2 aromatic rings. The Morgan fingerprint density at radius 2 is 1.92 bits per heavy atom. The van der Waals surface area contributed by atoms with E-state index in [1.54, 1.807) is 25.2 Å². The van der Waals surface area contributed by atoms with Gasteiger partial charge in [0.1, 0.15) is 11.6 Å². The summed E-state index contributed by atoms with van der Waals surface area (Å²) in [7, 11) is 1.59. The molecule has 3 rings (SSSR count). The number of hydrogen-bond donors (Lipinski definition) is 0. The molecule has 0 spiro atoms. The fourth-order valence-corrected chi connectivity index (χ4v) is 2.57. The zero-order valence-electron chi connectivity index (χ0n) is 13.1. The predicted octanol–water partition coefficient (Wildman–Crippen LogP) is 3.23. The van der Waals surface area contributed by atoms with Crippen molar-refractivity contribution in [1.82, 2.24) is 4.90 Å². The molecule has 0 bridgehead atoms. The van der Waals surface area contributed by atoms with Crippen LogP contribution in [-0.2, 0) is 4.84 Å². The average Bonchev–Trinajstić information content (AvgIpc) is 3.04. The number of hydrogen-bond acceptors (Lipinski definition) is 3. The topological polar surface area (TPSA) is 41.9 Å². The van der Waals surface area contributed by atoms with Crippen LogP contribution < -0.4 is 0 Å². The molecule has 1 heterocycles. The van der Waals surface area contributed by atoms with Crippen LogP contribution in [0, 0.1) is 11.6 Å². The second kappa shape index (κ2) is 6.78. The Labute approximate surface area is 138 Å². The van der Waals surface area contributed by atoms with Gasteiger partial charge in [0, 0.05) is 13.5 Å². The lowest BCUT2D eigenvalue weighted by atomic mass is 10.0. The van der Waals surface area contributed by atoms with Gasteiger partial charge in [-0.25, -0.2) is 8.78 Å². The van der Waals surface area contributed by atoms with E-state index in [0.717, 1.165) is 5.56 Å². The highest BCUT2D eigenvalue weighted by Gasteiger charge is 2.26. The highest BCUT2D eigenvalue weighted by Crippen LogP contribution is 2.19. The van der Waals surface area contributed by atoms with Crippen LogP contribution in [0.5, 0.6) is 0 Å². The molecule has 0 saturated carbocycles. The Balaban J connectivity index is 1.61. The van der Waals surface area contributed by atoms with Gasteiger partial charge < -0.3 is 9.74 Å². The van der Waals surface area contributed by atoms with Gasteiger partial charge in [-0.05, 0) is 29.8 Å². The zero-order valence-corrected chi connectivity index (χ0v) is 13.1. The lowest BCUT2D eigenvalue weighted by molar-refractivity contribution is 0.0479. The van der Waals surface area contributed by atoms with Crippen molar-refractivity contribution in [2.45, 2.75) is 12.5 Å². The van der Waals surface area contributed by atoms with E-state index in [-0.39, 0.29) is 24.0 Å². The normalized spacial score (nSPS) is 16.5. The predicted molar refractivity (Wildman–Crippen MR) is 85.8 cm³/mol. The summed E-state index contributed by atoms with van der Waals surface area (Å²) < 4.78 is 26.7. The molecule has 0 fully saturated rings. The smallest absolute Gasteiger partial charge is 0.256 e.